The molecule has 0 unspecified atom stereocenters. The number of rotatable bonds is 4. The number of hydrogen-bond donors (Lipinski definition) is 0. The molecule has 1 heterocycles. The van der Waals surface area contributed by atoms with Gasteiger partial charge in [0, 0.05) is 13.1 Å². The lowest BCUT2D eigenvalue weighted by Gasteiger charge is -2.30. The molecular weight excluding hydrogens is 242 g/mol. The highest BCUT2D eigenvalue weighted by molar-refractivity contribution is 5.91. The van der Waals surface area contributed by atoms with Crippen LogP contribution in [0.1, 0.15) is 42.1 Å². The van der Waals surface area contributed by atoms with E-state index in [9.17, 15) is 9.59 Å². The number of nitrogens with zero attached hydrogens (tertiary/aromatic N) is 1. The van der Waals surface area contributed by atoms with Crippen molar-refractivity contribution in [2.24, 2.45) is 0 Å². The number of carbonyl (C=O) groups is 2. The van der Waals surface area contributed by atoms with Crippen LogP contribution in [-0.4, -0.2) is 36.5 Å². The summed E-state index contributed by atoms with van der Waals surface area (Å²) < 4.78 is 5.02. The van der Waals surface area contributed by atoms with Crippen molar-refractivity contribution in [3.05, 3.63) is 35.4 Å². The molecule has 1 saturated heterocycles. The molecule has 0 saturated carbocycles. The molecule has 102 valence electrons. The van der Waals surface area contributed by atoms with Gasteiger partial charge in [0.2, 0.25) is 0 Å². The molecule has 1 amide bonds. The van der Waals surface area contributed by atoms with Crippen LogP contribution in [0.3, 0.4) is 0 Å². The molecule has 0 spiro atoms. The summed E-state index contributed by atoms with van der Waals surface area (Å²) in [4.78, 5) is 25.0. The van der Waals surface area contributed by atoms with Crippen LogP contribution in [0.2, 0.25) is 0 Å². The van der Waals surface area contributed by atoms with E-state index in [1.807, 2.05) is 12.1 Å². The van der Waals surface area contributed by atoms with Crippen molar-refractivity contribution in [1.29, 1.82) is 0 Å². The second-order valence-electron chi connectivity index (χ2n) is 5.09. The standard InChI is InChI=1S/C15H19NO3/c1-11(2)12-4-6-13(7-5-12)15(18)19-10-14(17)16-8-3-9-16/h4-7,11H,3,8-10H2,1-2H3. The monoisotopic (exact) mass is 261 g/mol. The highest BCUT2D eigenvalue weighted by Crippen LogP contribution is 2.15. The number of hydrogen-bond acceptors (Lipinski definition) is 3. The normalized spacial score (nSPS) is 14.2. The second-order valence-corrected chi connectivity index (χ2v) is 5.09. The molecule has 2 rings (SSSR count). The lowest BCUT2D eigenvalue weighted by atomic mass is 10.0. The van der Waals surface area contributed by atoms with Crippen LogP contribution >= 0.6 is 0 Å². The third-order valence-electron chi connectivity index (χ3n) is 3.35. The molecule has 0 aliphatic carbocycles. The van der Waals surface area contributed by atoms with Crippen molar-refractivity contribution in [3.63, 3.8) is 0 Å². The smallest absolute Gasteiger partial charge is 0.338 e. The Morgan fingerprint density at radius 1 is 1.21 bits per heavy atom. The first-order chi connectivity index (χ1) is 9.08. The Kier molecular flexibility index (Phi) is 4.20. The third-order valence-corrected chi connectivity index (χ3v) is 3.35. The Balaban J connectivity index is 1.86. The van der Waals surface area contributed by atoms with Gasteiger partial charge in [-0.05, 0) is 30.0 Å². The molecule has 1 aromatic carbocycles. The van der Waals surface area contributed by atoms with Gasteiger partial charge >= 0.3 is 5.97 Å². The van der Waals surface area contributed by atoms with Crippen molar-refractivity contribution in [1.82, 2.24) is 4.90 Å². The number of esters is 1. The van der Waals surface area contributed by atoms with Crippen LogP contribution in [0.15, 0.2) is 24.3 Å². The summed E-state index contributed by atoms with van der Waals surface area (Å²) in [6.07, 6.45) is 1.04. The van der Waals surface area contributed by atoms with E-state index in [1.54, 1.807) is 17.0 Å². The minimum absolute atomic E-state index is 0.113. The number of carbonyl (C=O) groups excluding carboxylic acids is 2. The van der Waals surface area contributed by atoms with E-state index >= 15 is 0 Å². The Bertz CT molecular complexity index is 461. The summed E-state index contributed by atoms with van der Waals surface area (Å²) in [5.41, 5.74) is 1.66. The van der Waals surface area contributed by atoms with Gasteiger partial charge in [0.1, 0.15) is 0 Å². The summed E-state index contributed by atoms with van der Waals surface area (Å²) in [6.45, 7) is 5.59. The molecule has 0 atom stereocenters. The van der Waals surface area contributed by atoms with E-state index in [0.29, 0.717) is 11.5 Å². The van der Waals surface area contributed by atoms with Gasteiger partial charge in [-0.15, -0.1) is 0 Å². The highest BCUT2D eigenvalue weighted by atomic mass is 16.5. The number of benzene rings is 1. The maximum atomic E-state index is 11.8. The SMILES string of the molecule is CC(C)c1ccc(C(=O)OCC(=O)N2CCC2)cc1. The molecule has 0 radical (unpaired) electrons. The molecule has 19 heavy (non-hydrogen) atoms. The Morgan fingerprint density at radius 3 is 2.32 bits per heavy atom. The van der Waals surface area contributed by atoms with Crippen molar-refractivity contribution >= 4 is 11.9 Å². The maximum absolute atomic E-state index is 11.8. The molecule has 1 aliphatic rings. The summed E-state index contributed by atoms with van der Waals surface area (Å²) in [6, 6.07) is 7.31. The average Bonchev–Trinajstić information content (AvgIpc) is 2.34. The van der Waals surface area contributed by atoms with Crippen LogP contribution < -0.4 is 0 Å². The van der Waals surface area contributed by atoms with Crippen molar-refractivity contribution in [3.8, 4) is 0 Å². The van der Waals surface area contributed by atoms with Gasteiger partial charge in [-0.3, -0.25) is 4.79 Å². The van der Waals surface area contributed by atoms with E-state index in [0.717, 1.165) is 19.5 Å². The molecule has 4 nitrogen and oxygen atoms in total. The average molecular weight is 261 g/mol. The second kappa shape index (κ2) is 5.87. The number of likely N-dealkylation sites (tertiary alicyclic amines) is 1. The molecule has 0 aromatic heterocycles. The fourth-order valence-electron chi connectivity index (χ4n) is 1.87. The maximum Gasteiger partial charge on any atom is 0.338 e. The predicted molar refractivity (Wildman–Crippen MR) is 72.0 cm³/mol. The van der Waals surface area contributed by atoms with Crippen LogP contribution in [0.25, 0.3) is 0 Å². The molecule has 0 bridgehead atoms. The lowest BCUT2D eigenvalue weighted by Crippen LogP contribution is -2.44. The van der Waals surface area contributed by atoms with Crippen LogP contribution in [-0.2, 0) is 9.53 Å². The van der Waals surface area contributed by atoms with E-state index < -0.39 is 5.97 Å². The first-order valence-corrected chi connectivity index (χ1v) is 6.63. The number of ether oxygens (including phenoxy) is 1. The van der Waals surface area contributed by atoms with Gasteiger partial charge in [-0.1, -0.05) is 26.0 Å². The summed E-state index contributed by atoms with van der Waals surface area (Å²) >= 11 is 0. The first kappa shape index (κ1) is 13.6. The zero-order valence-corrected chi connectivity index (χ0v) is 11.4. The van der Waals surface area contributed by atoms with Gasteiger partial charge in [-0.25, -0.2) is 4.79 Å². The van der Waals surface area contributed by atoms with Crippen LogP contribution in [0, 0.1) is 0 Å². The minimum Gasteiger partial charge on any atom is -0.452 e. The van der Waals surface area contributed by atoms with Crippen LogP contribution in [0.5, 0.6) is 0 Å². The van der Waals surface area contributed by atoms with Crippen molar-refractivity contribution in [2.45, 2.75) is 26.2 Å². The Hall–Kier alpha value is -1.84. The first-order valence-electron chi connectivity index (χ1n) is 6.63. The minimum atomic E-state index is -0.441. The Morgan fingerprint density at radius 2 is 1.84 bits per heavy atom. The molecular formula is C15H19NO3. The summed E-state index contributed by atoms with van der Waals surface area (Å²) in [5.74, 6) is -0.124. The van der Waals surface area contributed by atoms with Crippen molar-refractivity contribution in [2.75, 3.05) is 19.7 Å². The largest absolute Gasteiger partial charge is 0.452 e. The molecule has 0 N–H and O–H groups in total. The summed E-state index contributed by atoms with van der Waals surface area (Å²) in [5, 5.41) is 0. The Labute approximate surface area is 113 Å². The zero-order valence-electron chi connectivity index (χ0n) is 11.4. The molecule has 1 aliphatic heterocycles. The number of amides is 1. The third kappa shape index (κ3) is 3.34. The summed E-state index contributed by atoms with van der Waals surface area (Å²) in [7, 11) is 0. The molecule has 1 fully saturated rings. The van der Waals surface area contributed by atoms with Gasteiger partial charge in [0.05, 0.1) is 5.56 Å². The van der Waals surface area contributed by atoms with Gasteiger partial charge < -0.3 is 9.64 Å². The van der Waals surface area contributed by atoms with Crippen LogP contribution in [0.4, 0.5) is 0 Å². The van der Waals surface area contributed by atoms with Gasteiger partial charge in [0.15, 0.2) is 6.61 Å². The van der Waals surface area contributed by atoms with E-state index in [1.165, 1.54) is 5.56 Å². The van der Waals surface area contributed by atoms with E-state index in [4.69, 9.17) is 4.74 Å². The topological polar surface area (TPSA) is 46.6 Å². The molecule has 4 heteroatoms. The zero-order chi connectivity index (χ0) is 13.8. The van der Waals surface area contributed by atoms with Gasteiger partial charge in [0.25, 0.3) is 5.91 Å². The quantitative estimate of drug-likeness (QED) is 0.781. The van der Waals surface area contributed by atoms with Gasteiger partial charge in [-0.2, -0.15) is 0 Å². The molecule has 1 aromatic rings. The van der Waals surface area contributed by atoms with E-state index in [2.05, 4.69) is 13.8 Å². The fourth-order valence-corrected chi connectivity index (χ4v) is 1.87. The fraction of sp³-hybridized carbons (Fsp3) is 0.467. The van der Waals surface area contributed by atoms with E-state index in [-0.39, 0.29) is 12.5 Å². The highest BCUT2D eigenvalue weighted by Gasteiger charge is 2.21. The lowest BCUT2D eigenvalue weighted by molar-refractivity contribution is -0.137. The van der Waals surface area contributed by atoms with Crippen molar-refractivity contribution < 1.29 is 14.3 Å². The predicted octanol–water partition coefficient (Wildman–Crippen LogP) is 2.20.